The maximum atomic E-state index is 13.2. The summed E-state index contributed by atoms with van der Waals surface area (Å²) in [6, 6.07) is 4.12. The Labute approximate surface area is 216 Å². The molecule has 2 aliphatic rings. The van der Waals surface area contributed by atoms with Crippen LogP contribution in [0.25, 0.3) is 10.4 Å². The highest BCUT2D eigenvalue weighted by Gasteiger charge is 2.66. The van der Waals surface area contributed by atoms with Crippen molar-refractivity contribution in [1.29, 1.82) is 0 Å². The molecule has 1 fully saturated rings. The Morgan fingerprint density at radius 3 is 2.86 bits per heavy atom. The SMILES string of the molecule is COC1(NC(=O)Cc2ccc(O)c(N=[N+]=[N-])c2)C(=O)N2C(C(=O)O)=C(CSc3nnc(C)s3)CSC21. The number of aromatic nitrogens is 2. The zero-order valence-electron chi connectivity index (χ0n) is 18.9. The van der Waals surface area contributed by atoms with E-state index in [2.05, 4.69) is 25.5 Å². The summed E-state index contributed by atoms with van der Waals surface area (Å²) in [5.74, 6) is -2.12. The molecule has 4 rings (SSSR count). The van der Waals surface area contributed by atoms with Crippen LogP contribution in [0.3, 0.4) is 0 Å². The third-order valence-electron chi connectivity index (χ3n) is 5.39. The quantitative estimate of drug-likeness (QED) is 0.105. The number of hydrogen-bond donors (Lipinski definition) is 3. The Morgan fingerprint density at radius 2 is 2.22 bits per heavy atom. The number of carbonyl (C=O) groups is 3. The average molecular weight is 550 g/mol. The summed E-state index contributed by atoms with van der Waals surface area (Å²) < 4.78 is 6.15. The number of rotatable bonds is 9. The third kappa shape index (κ3) is 4.73. The fourth-order valence-corrected chi connectivity index (χ4v) is 7.18. The third-order valence-corrected chi connectivity index (χ3v) is 8.83. The number of aliphatic carboxylic acids is 1. The molecule has 188 valence electrons. The number of carboxylic acid groups (broad SMARTS) is 1. The van der Waals surface area contributed by atoms with Crippen LogP contribution in [-0.4, -0.2) is 72.8 Å². The number of aryl methyl sites for hydroxylation is 1. The predicted molar refractivity (Wildman–Crippen MR) is 132 cm³/mol. The van der Waals surface area contributed by atoms with Crippen LogP contribution in [-0.2, 0) is 25.5 Å². The normalized spacial score (nSPS) is 20.9. The summed E-state index contributed by atoms with van der Waals surface area (Å²) in [5.41, 5.74) is 7.69. The van der Waals surface area contributed by atoms with Crippen LogP contribution in [0.5, 0.6) is 5.75 Å². The average Bonchev–Trinajstić information content (AvgIpc) is 3.27. The van der Waals surface area contributed by atoms with E-state index < -0.39 is 28.9 Å². The van der Waals surface area contributed by atoms with Crippen molar-refractivity contribution in [2.24, 2.45) is 5.11 Å². The number of carboxylic acids is 1. The van der Waals surface area contributed by atoms with Gasteiger partial charge in [-0.15, -0.1) is 22.0 Å². The van der Waals surface area contributed by atoms with Gasteiger partial charge in [-0.2, -0.15) is 0 Å². The summed E-state index contributed by atoms with van der Waals surface area (Å²) in [4.78, 5) is 41.9. The Morgan fingerprint density at radius 1 is 1.44 bits per heavy atom. The number of phenolic OH excluding ortho intramolecular Hbond substituents is 1. The lowest BCUT2D eigenvalue weighted by molar-refractivity contribution is -0.192. The number of benzene rings is 1. The van der Waals surface area contributed by atoms with Crippen LogP contribution in [0.4, 0.5) is 5.69 Å². The molecular formula is C20H19N7O6S3. The second kappa shape index (κ2) is 10.4. The van der Waals surface area contributed by atoms with Gasteiger partial charge < -0.3 is 20.3 Å². The number of amides is 2. The van der Waals surface area contributed by atoms with Gasteiger partial charge in [0.25, 0.3) is 11.6 Å². The van der Waals surface area contributed by atoms with Gasteiger partial charge >= 0.3 is 5.97 Å². The van der Waals surface area contributed by atoms with Crippen molar-refractivity contribution in [3.05, 3.63) is 50.5 Å². The minimum absolute atomic E-state index is 0.0386. The number of nitrogens with zero attached hydrogens (tertiary/aromatic N) is 6. The number of methoxy groups -OCH3 is 1. The van der Waals surface area contributed by atoms with Gasteiger partial charge in [-0.1, -0.05) is 34.3 Å². The molecule has 0 saturated carbocycles. The fraction of sp³-hybridized carbons (Fsp3) is 0.350. The van der Waals surface area contributed by atoms with E-state index in [1.165, 1.54) is 60.2 Å². The van der Waals surface area contributed by atoms with Crippen molar-refractivity contribution in [3.8, 4) is 5.75 Å². The van der Waals surface area contributed by atoms with E-state index in [9.17, 15) is 24.6 Å². The summed E-state index contributed by atoms with van der Waals surface area (Å²) in [5, 5.41) is 33.6. The van der Waals surface area contributed by atoms with Gasteiger partial charge in [-0.05, 0) is 35.7 Å². The van der Waals surface area contributed by atoms with Crippen LogP contribution in [0.15, 0.2) is 38.9 Å². The number of aromatic hydroxyl groups is 1. The van der Waals surface area contributed by atoms with Crippen LogP contribution in [0, 0.1) is 6.92 Å². The van der Waals surface area contributed by atoms with E-state index in [4.69, 9.17) is 10.3 Å². The van der Waals surface area contributed by atoms with Crippen LogP contribution in [0.2, 0.25) is 0 Å². The van der Waals surface area contributed by atoms with Gasteiger partial charge in [0.1, 0.15) is 21.8 Å². The molecule has 3 heterocycles. The largest absolute Gasteiger partial charge is 0.507 e. The van der Waals surface area contributed by atoms with Gasteiger partial charge in [0.2, 0.25) is 5.91 Å². The number of hydrogen-bond acceptors (Lipinski definition) is 11. The molecular weight excluding hydrogens is 530 g/mol. The second-order valence-corrected chi connectivity index (χ2v) is 11.1. The molecule has 16 heteroatoms. The van der Waals surface area contributed by atoms with E-state index in [0.29, 0.717) is 27.0 Å². The number of phenols is 1. The monoisotopic (exact) mass is 549 g/mol. The number of ether oxygens (including phenoxy) is 1. The molecule has 36 heavy (non-hydrogen) atoms. The van der Waals surface area contributed by atoms with Crippen LogP contribution < -0.4 is 5.32 Å². The van der Waals surface area contributed by atoms with E-state index in [0.717, 1.165) is 9.91 Å². The number of azide groups is 1. The Hall–Kier alpha value is -3.30. The van der Waals surface area contributed by atoms with E-state index in [1.807, 2.05) is 6.92 Å². The lowest BCUT2D eigenvalue weighted by atomic mass is 9.97. The molecule has 1 saturated heterocycles. The zero-order chi connectivity index (χ0) is 26.0. The van der Waals surface area contributed by atoms with E-state index in [1.54, 1.807) is 0 Å². The van der Waals surface area contributed by atoms with Crippen LogP contribution >= 0.6 is 34.9 Å². The molecule has 3 N–H and O–H groups in total. The first-order chi connectivity index (χ1) is 17.2. The molecule has 0 bridgehead atoms. The van der Waals surface area contributed by atoms with Crippen molar-refractivity contribution in [2.45, 2.75) is 28.8 Å². The predicted octanol–water partition coefficient (Wildman–Crippen LogP) is 2.54. The van der Waals surface area contributed by atoms with Gasteiger partial charge in [-0.25, -0.2) is 4.79 Å². The van der Waals surface area contributed by atoms with Crippen molar-refractivity contribution in [3.63, 3.8) is 0 Å². The molecule has 2 amide bonds. The molecule has 0 aliphatic carbocycles. The van der Waals surface area contributed by atoms with Crippen molar-refractivity contribution in [2.75, 3.05) is 18.6 Å². The first kappa shape index (κ1) is 25.8. The molecule has 0 radical (unpaired) electrons. The number of thioether (sulfide) groups is 2. The van der Waals surface area contributed by atoms with Gasteiger partial charge in [0, 0.05) is 23.5 Å². The van der Waals surface area contributed by atoms with Crippen molar-refractivity contribution < 1.29 is 29.3 Å². The molecule has 2 unspecified atom stereocenters. The van der Waals surface area contributed by atoms with Gasteiger partial charge in [0.05, 0.1) is 12.1 Å². The summed E-state index contributed by atoms with van der Waals surface area (Å²) in [6.07, 6.45) is -0.200. The van der Waals surface area contributed by atoms with Crippen molar-refractivity contribution in [1.82, 2.24) is 20.4 Å². The molecule has 2 aliphatic heterocycles. The molecule has 13 nitrogen and oxygen atoms in total. The number of carbonyl (C=O) groups excluding carboxylic acids is 2. The minimum Gasteiger partial charge on any atom is -0.507 e. The van der Waals surface area contributed by atoms with Gasteiger partial charge in [0.15, 0.2) is 4.34 Å². The molecule has 2 atom stereocenters. The second-order valence-electron chi connectivity index (χ2n) is 7.65. The maximum Gasteiger partial charge on any atom is 0.352 e. The number of fused-ring (bicyclic) bond motifs is 1. The van der Waals surface area contributed by atoms with E-state index >= 15 is 0 Å². The molecule has 1 aromatic heterocycles. The maximum absolute atomic E-state index is 13.2. The number of β-lactam (4-membered cyclic amide) rings is 1. The summed E-state index contributed by atoms with van der Waals surface area (Å²) in [7, 11) is 1.27. The minimum atomic E-state index is -1.73. The number of nitrogens with one attached hydrogen (secondary N) is 1. The Balaban J connectivity index is 1.51. The first-order valence-electron chi connectivity index (χ1n) is 10.3. The van der Waals surface area contributed by atoms with Gasteiger partial charge in [-0.3, -0.25) is 14.5 Å². The van der Waals surface area contributed by atoms with E-state index in [-0.39, 0.29) is 23.6 Å². The standard InChI is InChI=1S/C20H19N7O6S3/c1-9-23-25-19(36-9)35-8-11-7-34-18-20(33-2,17(32)27(18)15(11)16(30)31)22-14(29)6-10-3-4-13(28)12(5-10)24-26-21/h3-5,18,28H,6-8H2,1-2H3,(H,22,29)(H,30,31). The highest BCUT2D eigenvalue weighted by atomic mass is 32.2. The molecule has 2 aromatic rings. The lowest BCUT2D eigenvalue weighted by Crippen LogP contribution is -2.80. The Bertz CT molecular complexity index is 1320. The smallest absolute Gasteiger partial charge is 0.352 e. The highest BCUT2D eigenvalue weighted by Crippen LogP contribution is 2.47. The topological polar surface area (TPSA) is 191 Å². The van der Waals surface area contributed by atoms with Crippen molar-refractivity contribution >= 4 is 58.3 Å². The zero-order valence-corrected chi connectivity index (χ0v) is 21.3. The lowest BCUT2D eigenvalue weighted by Gasteiger charge is -2.55. The molecule has 1 aromatic carbocycles. The summed E-state index contributed by atoms with van der Waals surface area (Å²) >= 11 is 4.03. The van der Waals surface area contributed by atoms with Crippen LogP contribution in [0.1, 0.15) is 10.6 Å². The fourth-order valence-electron chi connectivity index (χ4n) is 3.78. The highest BCUT2D eigenvalue weighted by molar-refractivity contribution is 8.01. The first-order valence-corrected chi connectivity index (χ1v) is 13.1. The molecule has 0 spiro atoms. The Kier molecular flexibility index (Phi) is 7.42. The summed E-state index contributed by atoms with van der Waals surface area (Å²) in [6.45, 7) is 1.82.